The number of carbonyl (C=O) groups is 1. The fourth-order valence-electron chi connectivity index (χ4n) is 1.55. The molecule has 0 heterocycles. The molecule has 0 aliphatic carbocycles. The van der Waals surface area contributed by atoms with E-state index in [1.54, 1.807) is 30.3 Å². The Labute approximate surface area is 131 Å². The van der Waals surface area contributed by atoms with Gasteiger partial charge in [0.05, 0.1) is 5.56 Å². The molecule has 20 heavy (non-hydrogen) atoms. The Morgan fingerprint density at radius 2 is 1.70 bits per heavy atom. The summed E-state index contributed by atoms with van der Waals surface area (Å²) >= 11 is 6.55. The molecule has 0 unspecified atom stereocenters. The average Bonchev–Trinajstić information content (AvgIpc) is 2.38. The molecule has 0 fully saturated rings. The zero-order valence-electron chi connectivity index (χ0n) is 9.93. The molecule has 0 saturated carbocycles. The van der Waals surface area contributed by atoms with Crippen molar-refractivity contribution in [1.82, 2.24) is 0 Å². The number of hydrogen-bond donors (Lipinski definition) is 1. The Bertz CT molecular complexity index is 723. The van der Waals surface area contributed by atoms with Crippen LogP contribution in [0.1, 0.15) is 15.9 Å². The molecule has 4 nitrogen and oxygen atoms in total. The first-order valence-corrected chi connectivity index (χ1v) is 7.00. The highest BCUT2D eigenvalue weighted by Crippen LogP contribution is 2.32. The summed E-state index contributed by atoms with van der Waals surface area (Å²) in [7, 11) is 0. The highest BCUT2D eigenvalue weighted by molar-refractivity contribution is 9.10. The van der Waals surface area contributed by atoms with Gasteiger partial charge in [0, 0.05) is 8.95 Å². The van der Waals surface area contributed by atoms with Crippen LogP contribution >= 0.6 is 31.9 Å². The Hall–Kier alpha value is -1.84. The number of nitriles is 1. The standard InChI is InChI=1S/C14H7Br2NO3/c15-9-2-1-8(7-17)12(5-9)20-13-6-10(16)3-4-11(13)14(18)19/h1-6H,(H,18,19). The van der Waals surface area contributed by atoms with E-state index in [-0.39, 0.29) is 11.3 Å². The molecule has 100 valence electrons. The minimum absolute atomic E-state index is 0.0251. The van der Waals surface area contributed by atoms with Crippen molar-refractivity contribution in [1.29, 1.82) is 5.26 Å². The van der Waals surface area contributed by atoms with Gasteiger partial charge in [-0.25, -0.2) is 4.79 Å². The third-order valence-electron chi connectivity index (χ3n) is 2.46. The van der Waals surface area contributed by atoms with E-state index < -0.39 is 5.97 Å². The van der Waals surface area contributed by atoms with Crippen LogP contribution in [0, 0.1) is 11.3 Å². The number of benzene rings is 2. The first-order chi connectivity index (χ1) is 9.51. The van der Waals surface area contributed by atoms with Crippen LogP contribution in [0.25, 0.3) is 0 Å². The minimum Gasteiger partial charge on any atom is -0.478 e. The first-order valence-electron chi connectivity index (χ1n) is 5.41. The van der Waals surface area contributed by atoms with E-state index in [0.29, 0.717) is 15.8 Å². The Morgan fingerprint density at radius 1 is 1.10 bits per heavy atom. The summed E-state index contributed by atoms with van der Waals surface area (Å²) in [5.41, 5.74) is 0.349. The maximum atomic E-state index is 11.2. The van der Waals surface area contributed by atoms with Crippen molar-refractivity contribution < 1.29 is 14.6 Å². The summed E-state index contributed by atoms with van der Waals surface area (Å²) in [6.45, 7) is 0. The summed E-state index contributed by atoms with van der Waals surface area (Å²) in [4.78, 5) is 11.2. The van der Waals surface area contributed by atoms with Crippen molar-refractivity contribution in [3.8, 4) is 17.6 Å². The van der Waals surface area contributed by atoms with Crippen LogP contribution in [0.2, 0.25) is 0 Å². The topological polar surface area (TPSA) is 70.3 Å². The molecule has 6 heteroatoms. The molecule has 0 aliphatic heterocycles. The number of carboxylic acids is 1. The molecule has 0 saturated heterocycles. The quantitative estimate of drug-likeness (QED) is 0.824. The lowest BCUT2D eigenvalue weighted by Crippen LogP contribution is -2.00. The fraction of sp³-hybridized carbons (Fsp3) is 0. The lowest BCUT2D eigenvalue weighted by Gasteiger charge is -2.10. The van der Waals surface area contributed by atoms with Gasteiger partial charge >= 0.3 is 5.97 Å². The van der Waals surface area contributed by atoms with Gasteiger partial charge in [0.2, 0.25) is 0 Å². The maximum absolute atomic E-state index is 11.2. The second kappa shape index (κ2) is 6.07. The highest BCUT2D eigenvalue weighted by atomic mass is 79.9. The Morgan fingerprint density at radius 3 is 2.30 bits per heavy atom. The van der Waals surface area contributed by atoms with Gasteiger partial charge in [-0.3, -0.25) is 0 Å². The number of halogens is 2. The summed E-state index contributed by atoms with van der Waals surface area (Å²) in [5, 5.41) is 18.2. The molecule has 1 N–H and O–H groups in total. The van der Waals surface area contributed by atoms with Gasteiger partial charge in [0.25, 0.3) is 0 Å². The number of hydrogen-bond acceptors (Lipinski definition) is 3. The van der Waals surface area contributed by atoms with E-state index in [1.807, 2.05) is 6.07 Å². The van der Waals surface area contributed by atoms with Gasteiger partial charge in [-0.05, 0) is 36.4 Å². The summed E-state index contributed by atoms with van der Waals surface area (Å²) in [6, 6.07) is 11.5. The summed E-state index contributed by atoms with van der Waals surface area (Å²) in [6.07, 6.45) is 0. The first kappa shape index (κ1) is 14.6. The highest BCUT2D eigenvalue weighted by Gasteiger charge is 2.14. The van der Waals surface area contributed by atoms with E-state index in [0.717, 1.165) is 4.47 Å². The lowest BCUT2D eigenvalue weighted by atomic mass is 10.2. The van der Waals surface area contributed by atoms with Crippen LogP contribution < -0.4 is 4.74 Å². The van der Waals surface area contributed by atoms with Gasteiger partial charge in [-0.2, -0.15) is 5.26 Å². The van der Waals surface area contributed by atoms with Crippen molar-refractivity contribution >= 4 is 37.8 Å². The van der Waals surface area contributed by atoms with Crippen molar-refractivity contribution in [2.75, 3.05) is 0 Å². The minimum atomic E-state index is -1.10. The van der Waals surface area contributed by atoms with Crippen molar-refractivity contribution in [3.63, 3.8) is 0 Å². The zero-order valence-corrected chi connectivity index (χ0v) is 13.1. The predicted octanol–water partition coefficient (Wildman–Crippen LogP) is 4.57. The van der Waals surface area contributed by atoms with E-state index >= 15 is 0 Å². The third kappa shape index (κ3) is 3.18. The van der Waals surface area contributed by atoms with Crippen LogP contribution in [-0.4, -0.2) is 11.1 Å². The van der Waals surface area contributed by atoms with Crippen LogP contribution in [0.4, 0.5) is 0 Å². The SMILES string of the molecule is N#Cc1ccc(Br)cc1Oc1cc(Br)ccc1C(=O)O. The van der Waals surface area contributed by atoms with Gasteiger partial charge in [0.15, 0.2) is 0 Å². The largest absolute Gasteiger partial charge is 0.478 e. The normalized spacial score (nSPS) is 9.85. The molecular weight excluding hydrogens is 390 g/mol. The third-order valence-corrected chi connectivity index (χ3v) is 3.44. The van der Waals surface area contributed by atoms with Crippen LogP contribution in [0.15, 0.2) is 45.3 Å². The molecule has 0 aliphatic rings. The molecule has 0 aromatic heterocycles. The van der Waals surface area contributed by atoms with Crippen molar-refractivity contribution in [3.05, 3.63) is 56.5 Å². The maximum Gasteiger partial charge on any atom is 0.339 e. The number of aromatic carboxylic acids is 1. The van der Waals surface area contributed by atoms with Gasteiger partial charge in [0.1, 0.15) is 23.1 Å². The molecule has 0 amide bonds. The molecule has 0 spiro atoms. The lowest BCUT2D eigenvalue weighted by molar-refractivity contribution is 0.0694. The number of rotatable bonds is 3. The second-order valence-electron chi connectivity index (χ2n) is 3.80. The molecule has 0 bridgehead atoms. The predicted molar refractivity (Wildman–Crippen MR) is 80.0 cm³/mol. The second-order valence-corrected chi connectivity index (χ2v) is 5.63. The Kier molecular flexibility index (Phi) is 4.42. The Balaban J connectivity index is 2.50. The molecule has 2 rings (SSSR count). The zero-order chi connectivity index (χ0) is 14.7. The molecule has 2 aromatic carbocycles. The van der Waals surface area contributed by atoms with E-state index in [1.165, 1.54) is 6.07 Å². The van der Waals surface area contributed by atoms with Crippen LogP contribution in [-0.2, 0) is 0 Å². The molecule has 2 aromatic rings. The number of ether oxygens (including phenoxy) is 1. The van der Waals surface area contributed by atoms with Crippen LogP contribution in [0.5, 0.6) is 11.5 Å². The summed E-state index contributed by atoms with van der Waals surface area (Å²) in [5.74, 6) is -0.634. The average molecular weight is 397 g/mol. The van der Waals surface area contributed by atoms with Crippen molar-refractivity contribution in [2.24, 2.45) is 0 Å². The number of carboxylic acid groups (broad SMARTS) is 1. The monoisotopic (exact) mass is 395 g/mol. The van der Waals surface area contributed by atoms with Gasteiger partial charge < -0.3 is 9.84 Å². The van der Waals surface area contributed by atoms with Gasteiger partial charge in [-0.15, -0.1) is 0 Å². The summed E-state index contributed by atoms with van der Waals surface area (Å²) < 4.78 is 7.01. The van der Waals surface area contributed by atoms with E-state index in [9.17, 15) is 4.79 Å². The molecule has 0 radical (unpaired) electrons. The van der Waals surface area contributed by atoms with E-state index in [2.05, 4.69) is 31.9 Å². The van der Waals surface area contributed by atoms with Gasteiger partial charge in [-0.1, -0.05) is 31.9 Å². The number of nitrogens with zero attached hydrogens (tertiary/aromatic N) is 1. The van der Waals surface area contributed by atoms with Crippen molar-refractivity contribution in [2.45, 2.75) is 0 Å². The molecular formula is C14H7Br2NO3. The van der Waals surface area contributed by atoms with E-state index in [4.69, 9.17) is 15.1 Å². The molecule has 0 atom stereocenters. The smallest absolute Gasteiger partial charge is 0.339 e. The fourth-order valence-corrected chi connectivity index (χ4v) is 2.23. The van der Waals surface area contributed by atoms with Crippen LogP contribution in [0.3, 0.4) is 0 Å².